The number of nitrogens with zero attached hydrogens (tertiary/aromatic N) is 1. The van der Waals surface area contributed by atoms with Gasteiger partial charge in [0.15, 0.2) is 0 Å². The van der Waals surface area contributed by atoms with Gasteiger partial charge in [0.2, 0.25) is 5.90 Å². The van der Waals surface area contributed by atoms with E-state index in [1.165, 1.54) is 0 Å². The second kappa shape index (κ2) is 6.54. The Bertz CT molecular complexity index is 377. The molecule has 1 fully saturated rings. The van der Waals surface area contributed by atoms with E-state index in [0.29, 0.717) is 25.3 Å². The first-order valence-electron chi connectivity index (χ1n) is 6.57. The Morgan fingerprint density at radius 2 is 2.32 bits per heavy atom. The van der Waals surface area contributed by atoms with Crippen LogP contribution in [0.25, 0.3) is 0 Å². The molecule has 0 aromatic heterocycles. The molecule has 0 aliphatic carbocycles. The van der Waals surface area contributed by atoms with Crippen LogP contribution in [0.1, 0.15) is 40.0 Å². The number of ether oxygens (including phenoxy) is 2. The van der Waals surface area contributed by atoms with E-state index in [9.17, 15) is 4.79 Å². The van der Waals surface area contributed by atoms with Crippen molar-refractivity contribution in [3.63, 3.8) is 0 Å². The van der Waals surface area contributed by atoms with Crippen LogP contribution in [-0.2, 0) is 14.3 Å². The molecule has 1 atom stereocenters. The molecule has 0 aromatic rings. The maximum atomic E-state index is 11.7. The SMILES string of the molecule is CCC(C)(C)C(=O)OCCC(N)=NC1CCOC1=N. The molecule has 108 valence electrons. The third-order valence-corrected chi connectivity index (χ3v) is 3.30. The lowest BCUT2D eigenvalue weighted by Crippen LogP contribution is -2.27. The fourth-order valence-electron chi connectivity index (χ4n) is 1.48. The summed E-state index contributed by atoms with van der Waals surface area (Å²) in [5, 5.41) is 7.48. The van der Waals surface area contributed by atoms with E-state index < -0.39 is 5.41 Å². The van der Waals surface area contributed by atoms with Gasteiger partial charge < -0.3 is 15.2 Å². The van der Waals surface area contributed by atoms with Crippen LogP contribution in [0.15, 0.2) is 4.99 Å². The minimum atomic E-state index is -0.465. The number of nitrogens with one attached hydrogen (secondary N) is 1. The monoisotopic (exact) mass is 269 g/mol. The number of hydrogen-bond acceptors (Lipinski definition) is 5. The number of nitrogens with two attached hydrogens (primary N) is 1. The fraction of sp³-hybridized carbons (Fsp3) is 0.769. The third-order valence-electron chi connectivity index (χ3n) is 3.30. The van der Waals surface area contributed by atoms with Gasteiger partial charge in [0, 0.05) is 12.8 Å². The molecule has 19 heavy (non-hydrogen) atoms. The summed E-state index contributed by atoms with van der Waals surface area (Å²) in [5.74, 6) is 0.328. The molecule has 0 amide bonds. The van der Waals surface area contributed by atoms with Crippen molar-refractivity contribution in [1.82, 2.24) is 0 Å². The highest BCUT2D eigenvalue weighted by molar-refractivity contribution is 5.87. The smallest absolute Gasteiger partial charge is 0.311 e. The number of carbonyl (C=O) groups excluding carboxylic acids is 1. The van der Waals surface area contributed by atoms with Gasteiger partial charge in [0.1, 0.15) is 6.04 Å². The Morgan fingerprint density at radius 3 is 2.84 bits per heavy atom. The number of carbonyl (C=O) groups is 1. The summed E-state index contributed by atoms with van der Waals surface area (Å²) in [6.45, 7) is 6.38. The molecule has 3 N–H and O–H groups in total. The van der Waals surface area contributed by atoms with E-state index in [0.717, 1.165) is 6.42 Å². The van der Waals surface area contributed by atoms with Gasteiger partial charge in [-0.25, -0.2) is 0 Å². The highest BCUT2D eigenvalue weighted by atomic mass is 16.5. The first-order valence-corrected chi connectivity index (χ1v) is 6.57. The van der Waals surface area contributed by atoms with E-state index in [2.05, 4.69) is 4.99 Å². The molecule has 0 radical (unpaired) electrons. The summed E-state index contributed by atoms with van der Waals surface area (Å²) in [4.78, 5) is 15.9. The first-order chi connectivity index (χ1) is 8.86. The maximum Gasteiger partial charge on any atom is 0.311 e. The molecule has 1 aliphatic heterocycles. The number of amidine groups is 1. The largest absolute Gasteiger partial charge is 0.479 e. The van der Waals surface area contributed by atoms with Gasteiger partial charge in [0.05, 0.1) is 24.5 Å². The second-order valence-electron chi connectivity index (χ2n) is 5.26. The van der Waals surface area contributed by atoms with E-state index in [-0.39, 0.29) is 24.5 Å². The number of hydrogen-bond donors (Lipinski definition) is 2. The number of esters is 1. The van der Waals surface area contributed by atoms with Crippen molar-refractivity contribution in [2.75, 3.05) is 13.2 Å². The molecule has 1 heterocycles. The first kappa shape index (κ1) is 15.5. The molecule has 1 saturated heterocycles. The van der Waals surface area contributed by atoms with Crippen LogP contribution in [0, 0.1) is 10.8 Å². The summed E-state index contributed by atoms with van der Waals surface area (Å²) in [6.07, 6.45) is 1.80. The standard InChI is InChI=1S/C13H23N3O3/c1-4-13(2,3)12(17)19-8-6-10(14)16-9-5-7-18-11(9)15/h9,15H,4-8H2,1-3H3,(H2,14,16). The highest BCUT2D eigenvalue weighted by Crippen LogP contribution is 2.21. The topological polar surface area (TPSA) is 97.8 Å². The van der Waals surface area contributed by atoms with Crippen LogP contribution < -0.4 is 5.73 Å². The lowest BCUT2D eigenvalue weighted by atomic mass is 9.91. The minimum Gasteiger partial charge on any atom is -0.479 e. The van der Waals surface area contributed by atoms with Crippen molar-refractivity contribution in [2.45, 2.75) is 46.1 Å². The predicted molar refractivity (Wildman–Crippen MR) is 73.4 cm³/mol. The van der Waals surface area contributed by atoms with Gasteiger partial charge in [0.25, 0.3) is 0 Å². The molecular formula is C13H23N3O3. The van der Waals surface area contributed by atoms with Crippen molar-refractivity contribution in [2.24, 2.45) is 16.1 Å². The molecule has 6 heteroatoms. The molecule has 1 unspecified atom stereocenters. The summed E-state index contributed by atoms with van der Waals surface area (Å²) in [7, 11) is 0. The quantitative estimate of drug-likeness (QED) is 0.433. The van der Waals surface area contributed by atoms with Crippen molar-refractivity contribution in [1.29, 1.82) is 5.41 Å². The number of rotatable bonds is 6. The van der Waals surface area contributed by atoms with Gasteiger partial charge >= 0.3 is 5.97 Å². The zero-order valence-electron chi connectivity index (χ0n) is 11.9. The van der Waals surface area contributed by atoms with Crippen molar-refractivity contribution >= 4 is 17.7 Å². The van der Waals surface area contributed by atoms with Crippen LogP contribution in [0.5, 0.6) is 0 Å². The van der Waals surface area contributed by atoms with Crippen LogP contribution in [0.2, 0.25) is 0 Å². The van der Waals surface area contributed by atoms with Crippen LogP contribution in [0.3, 0.4) is 0 Å². The highest BCUT2D eigenvalue weighted by Gasteiger charge is 2.27. The molecular weight excluding hydrogens is 246 g/mol. The normalized spacial score (nSPS) is 20.3. The maximum absolute atomic E-state index is 11.7. The summed E-state index contributed by atoms with van der Waals surface area (Å²) < 4.78 is 10.2. The Morgan fingerprint density at radius 1 is 1.63 bits per heavy atom. The average Bonchev–Trinajstić information content (AvgIpc) is 2.74. The lowest BCUT2D eigenvalue weighted by Gasteiger charge is -2.20. The van der Waals surface area contributed by atoms with Gasteiger partial charge in [-0.05, 0) is 20.3 Å². The third kappa shape index (κ3) is 4.54. The van der Waals surface area contributed by atoms with Crippen molar-refractivity contribution < 1.29 is 14.3 Å². The van der Waals surface area contributed by atoms with E-state index >= 15 is 0 Å². The molecule has 6 nitrogen and oxygen atoms in total. The van der Waals surface area contributed by atoms with Gasteiger partial charge in [-0.15, -0.1) is 0 Å². The summed E-state index contributed by atoms with van der Waals surface area (Å²) in [6, 6.07) is -0.275. The second-order valence-corrected chi connectivity index (χ2v) is 5.26. The van der Waals surface area contributed by atoms with Crippen molar-refractivity contribution in [3.05, 3.63) is 0 Å². The van der Waals surface area contributed by atoms with Gasteiger partial charge in [-0.3, -0.25) is 15.2 Å². The Labute approximate surface area is 113 Å². The molecule has 1 rings (SSSR count). The molecule has 1 aliphatic rings. The average molecular weight is 269 g/mol. The van der Waals surface area contributed by atoms with Gasteiger partial charge in [-0.1, -0.05) is 6.92 Å². The van der Waals surface area contributed by atoms with Crippen LogP contribution in [-0.4, -0.2) is 37.0 Å². The fourth-order valence-corrected chi connectivity index (χ4v) is 1.48. The molecule has 0 spiro atoms. The molecule has 0 aromatic carbocycles. The zero-order valence-corrected chi connectivity index (χ0v) is 11.9. The Balaban J connectivity index is 2.35. The molecule has 0 bridgehead atoms. The van der Waals surface area contributed by atoms with Crippen LogP contribution in [0.4, 0.5) is 0 Å². The summed E-state index contributed by atoms with van der Waals surface area (Å²) in [5.41, 5.74) is 5.29. The summed E-state index contributed by atoms with van der Waals surface area (Å²) >= 11 is 0. The minimum absolute atomic E-state index is 0.159. The van der Waals surface area contributed by atoms with E-state index in [1.54, 1.807) is 0 Å². The molecule has 0 saturated carbocycles. The van der Waals surface area contributed by atoms with E-state index in [4.69, 9.17) is 20.6 Å². The number of aliphatic imine (C=N–C) groups is 1. The predicted octanol–water partition coefficient (Wildman–Crippen LogP) is 1.48. The zero-order chi connectivity index (χ0) is 14.5. The Hall–Kier alpha value is -1.59. The Kier molecular flexibility index (Phi) is 5.32. The van der Waals surface area contributed by atoms with Gasteiger partial charge in [-0.2, -0.15) is 0 Å². The van der Waals surface area contributed by atoms with Crippen LogP contribution >= 0.6 is 0 Å². The van der Waals surface area contributed by atoms with Crippen molar-refractivity contribution in [3.8, 4) is 0 Å². The lowest BCUT2D eigenvalue weighted by molar-refractivity contribution is -0.153. The van der Waals surface area contributed by atoms with E-state index in [1.807, 2.05) is 20.8 Å².